The van der Waals surface area contributed by atoms with Gasteiger partial charge in [-0.05, 0) is 0 Å². The minimum atomic E-state index is 0.0718. The number of H-pyrrole nitrogens is 1. The minimum Gasteiger partial charge on any atom is -0.369 e. The number of hydrogen-bond acceptors (Lipinski definition) is 4. The molecule has 1 saturated heterocycles. The highest BCUT2D eigenvalue weighted by Crippen LogP contribution is 2.13. The van der Waals surface area contributed by atoms with Crippen molar-refractivity contribution in [2.24, 2.45) is 0 Å². The molecule has 0 spiro atoms. The van der Waals surface area contributed by atoms with Crippen LogP contribution in [0.25, 0.3) is 0 Å². The Balaban J connectivity index is 2.04. The fraction of sp³-hybridized carbons (Fsp3) is 0.667. The van der Waals surface area contributed by atoms with Crippen LogP contribution >= 0.6 is 0 Å². The molecule has 1 aromatic heterocycles. The van der Waals surface area contributed by atoms with E-state index in [0.717, 1.165) is 25.4 Å². The fourth-order valence-corrected chi connectivity index (χ4v) is 1.12. The molecule has 2 rings (SSSR count). The third kappa shape index (κ3) is 1.38. The van der Waals surface area contributed by atoms with E-state index < -0.39 is 0 Å². The van der Waals surface area contributed by atoms with E-state index in [4.69, 9.17) is 4.74 Å². The zero-order valence-corrected chi connectivity index (χ0v) is 6.08. The van der Waals surface area contributed by atoms with Gasteiger partial charge in [-0.25, -0.2) is 0 Å². The van der Waals surface area contributed by atoms with Gasteiger partial charge in [0.1, 0.15) is 11.8 Å². The lowest BCUT2D eigenvalue weighted by atomic mass is 10.2. The van der Waals surface area contributed by atoms with Crippen molar-refractivity contribution >= 4 is 0 Å². The van der Waals surface area contributed by atoms with Crippen LogP contribution in [0, 0.1) is 0 Å². The quantitative estimate of drug-likeness (QED) is 0.570. The highest BCUT2D eigenvalue weighted by molar-refractivity contribution is 4.98. The Morgan fingerprint density at radius 3 is 3.27 bits per heavy atom. The van der Waals surface area contributed by atoms with Crippen molar-refractivity contribution in [2.75, 3.05) is 19.7 Å². The molecule has 0 saturated carbocycles. The highest BCUT2D eigenvalue weighted by atomic mass is 16.5. The van der Waals surface area contributed by atoms with Crippen molar-refractivity contribution in [1.29, 1.82) is 0 Å². The van der Waals surface area contributed by atoms with Gasteiger partial charge < -0.3 is 10.1 Å². The van der Waals surface area contributed by atoms with Gasteiger partial charge in [-0.15, -0.1) is 5.10 Å². The Labute approximate surface area is 64.1 Å². The number of aromatic amines is 1. The second-order valence-electron chi connectivity index (χ2n) is 2.46. The number of hydrogen-bond donors (Lipinski definition) is 2. The second kappa shape index (κ2) is 2.98. The van der Waals surface area contributed by atoms with Gasteiger partial charge in [-0.2, -0.15) is 0 Å². The number of morpholine rings is 1. The van der Waals surface area contributed by atoms with Crippen molar-refractivity contribution in [3.63, 3.8) is 0 Å². The molecule has 2 heterocycles. The largest absolute Gasteiger partial charge is 0.369 e. The van der Waals surface area contributed by atoms with Crippen LogP contribution in [-0.4, -0.2) is 35.1 Å². The molecule has 0 amide bonds. The van der Waals surface area contributed by atoms with E-state index >= 15 is 0 Å². The summed E-state index contributed by atoms with van der Waals surface area (Å²) in [5.41, 5.74) is 0.872. The van der Waals surface area contributed by atoms with Crippen molar-refractivity contribution < 1.29 is 4.74 Å². The molecule has 0 aromatic carbocycles. The van der Waals surface area contributed by atoms with Gasteiger partial charge in [0.2, 0.25) is 0 Å². The number of nitrogens with zero attached hydrogens (tertiary/aromatic N) is 2. The van der Waals surface area contributed by atoms with Crippen LogP contribution in [0.3, 0.4) is 0 Å². The van der Waals surface area contributed by atoms with E-state index in [-0.39, 0.29) is 6.10 Å². The lowest BCUT2D eigenvalue weighted by molar-refractivity contribution is 0.0250. The number of rotatable bonds is 1. The molecule has 1 unspecified atom stereocenters. The van der Waals surface area contributed by atoms with Gasteiger partial charge in [-0.1, -0.05) is 5.21 Å². The third-order valence-corrected chi connectivity index (χ3v) is 1.69. The molecule has 1 aliphatic heterocycles. The van der Waals surface area contributed by atoms with Crippen LogP contribution < -0.4 is 5.32 Å². The molecular weight excluding hydrogens is 144 g/mol. The zero-order valence-electron chi connectivity index (χ0n) is 6.08. The topological polar surface area (TPSA) is 62.8 Å². The summed E-state index contributed by atoms with van der Waals surface area (Å²) in [4.78, 5) is 0. The average molecular weight is 154 g/mol. The van der Waals surface area contributed by atoms with Crippen LogP contribution in [0.1, 0.15) is 11.8 Å². The van der Waals surface area contributed by atoms with Gasteiger partial charge in [0.15, 0.2) is 0 Å². The van der Waals surface area contributed by atoms with E-state index in [1.165, 1.54) is 0 Å². The maximum atomic E-state index is 5.44. The van der Waals surface area contributed by atoms with Gasteiger partial charge >= 0.3 is 0 Å². The number of nitrogens with one attached hydrogen (secondary N) is 2. The SMILES string of the molecule is c1[nH]nnc1C1CNCCO1. The predicted octanol–water partition coefficient (Wildman–Crippen LogP) is -0.534. The normalized spacial score (nSPS) is 25.3. The molecule has 0 aliphatic carbocycles. The molecule has 2 N–H and O–H groups in total. The average Bonchev–Trinajstić information content (AvgIpc) is 2.58. The third-order valence-electron chi connectivity index (χ3n) is 1.69. The first-order chi connectivity index (χ1) is 5.47. The van der Waals surface area contributed by atoms with Crippen LogP contribution in [0.2, 0.25) is 0 Å². The summed E-state index contributed by atoms with van der Waals surface area (Å²) >= 11 is 0. The van der Waals surface area contributed by atoms with Crippen LogP contribution in [0.5, 0.6) is 0 Å². The van der Waals surface area contributed by atoms with Gasteiger partial charge in [0.25, 0.3) is 0 Å². The summed E-state index contributed by atoms with van der Waals surface area (Å²) in [6, 6.07) is 0. The molecular formula is C6H10N4O. The molecule has 1 aromatic rings. The van der Waals surface area contributed by atoms with Gasteiger partial charge in [0, 0.05) is 19.3 Å². The van der Waals surface area contributed by atoms with Crippen LogP contribution in [0.4, 0.5) is 0 Å². The van der Waals surface area contributed by atoms with Crippen molar-refractivity contribution in [3.8, 4) is 0 Å². The molecule has 0 radical (unpaired) electrons. The Kier molecular flexibility index (Phi) is 1.83. The molecule has 1 aliphatic rings. The van der Waals surface area contributed by atoms with Gasteiger partial charge in [-0.3, -0.25) is 5.10 Å². The first kappa shape index (κ1) is 6.75. The monoisotopic (exact) mass is 154 g/mol. The maximum Gasteiger partial charge on any atom is 0.115 e. The second-order valence-corrected chi connectivity index (χ2v) is 2.46. The summed E-state index contributed by atoms with van der Waals surface area (Å²) in [6.07, 6.45) is 1.83. The molecule has 11 heavy (non-hydrogen) atoms. The van der Waals surface area contributed by atoms with Crippen molar-refractivity contribution in [1.82, 2.24) is 20.7 Å². The van der Waals surface area contributed by atoms with E-state index in [1.54, 1.807) is 6.20 Å². The van der Waals surface area contributed by atoms with Crippen molar-refractivity contribution in [3.05, 3.63) is 11.9 Å². The summed E-state index contributed by atoms with van der Waals surface area (Å²) in [5, 5.41) is 13.4. The highest BCUT2D eigenvalue weighted by Gasteiger charge is 2.17. The van der Waals surface area contributed by atoms with E-state index in [0.29, 0.717) is 0 Å². The lowest BCUT2D eigenvalue weighted by Gasteiger charge is -2.21. The molecule has 1 fully saturated rings. The summed E-state index contributed by atoms with van der Waals surface area (Å²) in [7, 11) is 0. The smallest absolute Gasteiger partial charge is 0.115 e. The standard InChI is InChI=1S/C6H10N4O/c1-2-11-6(4-7-1)5-3-8-10-9-5/h3,6-7H,1-2,4H2,(H,8,9,10). The van der Waals surface area contributed by atoms with Crippen molar-refractivity contribution in [2.45, 2.75) is 6.10 Å². The molecule has 60 valence electrons. The van der Waals surface area contributed by atoms with E-state index in [9.17, 15) is 0 Å². The summed E-state index contributed by atoms with van der Waals surface area (Å²) in [6.45, 7) is 2.50. The summed E-state index contributed by atoms with van der Waals surface area (Å²) < 4.78 is 5.44. The number of ether oxygens (including phenoxy) is 1. The minimum absolute atomic E-state index is 0.0718. The molecule has 0 bridgehead atoms. The van der Waals surface area contributed by atoms with Crippen LogP contribution in [-0.2, 0) is 4.74 Å². The van der Waals surface area contributed by atoms with Crippen LogP contribution in [0.15, 0.2) is 6.20 Å². The Bertz CT molecular complexity index is 204. The molecule has 5 heteroatoms. The predicted molar refractivity (Wildman–Crippen MR) is 37.9 cm³/mol. The lowest BCUT2D eigenvalue weighted by Crippen LogP contribution is -2.33. The Morgan fingerprint density at radius 1 is 1.64 bits per heavy atom. The number of aromatic nitrogens is 3. The van der Waals surface area contributed by atoms with E-state index in [1.807, 2.05) is 0 Å². The first-order valence-electron chi connectivity index (χ1n) is 3.65. The molecule has 1 atom stereocenters. The summed E-state index contributed by atoms with van der Waals surface area (Å²) in [5.74, 6) is 0. The fourth-order valence-electron chi connectivity index (χ4n) is 1.12. The van der Waals surface area contributed by atoms with E-state index in [2.05, 4.69) is 20.7 Å². The molecule has 5 nitrogen and oxygen atoms in total. The first-order valence-corrected chi connectivity index (χ1v) is 3.65. The Morgan fingerprint density at radius 2 is 2.64 bits per heavy atom. The zero-order chi connectivity index (χ0) is 7.52. The maximum absolute atomic E-state index is 5.44. The Hall–Kier alpha value is -0.940. The van der Waals surface area contributed by atoms with Gasteiger partial charge in [0.05, 0.1) is 6.61 Å².